The van der Waals surface area contributed by atoms with Gasteiger partial charge in [-0.15, -0.1) is 0 Å². The molecule has 0 aliphatic rings. The first kappa shape index (κ1) is 27.7. The lowest BCUT2D eigenvalue weighted by atomic mass is 9.94. The third-order valence-electron chi connectivity index (χ3n) is 6.38. The van der Waals surface area contributed by atoms with Crippen molar-refractivity contribution in [1.82, 2.24) is 0 Å². The first-order valence-electron chi connectivity index (χ1n) is 13.4. The lowest BCUT2D eigenvalue weighted by Gasteiger charge is -2.17. The molecule has 1 aromatic carbocycles. The Labute approximate surface area is 193 Å². The fourth-order valence-corrected chi connectivity index (χ4v) is 4.23. The van der Waals surface area contributed by atoms with E-state index >= 15 is 0 Å². The zero-order valence-corrected chi connectivity index (χ0v) is 20.9. The molecule has 31 heavy (non-hydrogen) atoms. The van der Waals surface area contributed by atoms with Crippen LogP contribution in [0.15, 0.2) is 24.3 Å². The zero-order valence-electron chi connectivity index (χ0n) is 20.9. The van der Waals surface area contributed by atoms with Gasteiger partial charge in [-0.25, -0.2) is 0 Å². The zero-order chi connectivity index (χ0) is 22.6. The molecule has 0 N–H and O–H groups in total. The molecule has 0 radical (unpaired) electrons. The van der Waals surface area contributed by atoms with Gasteiger partial charge in [0.15, 0.2) is 0 Å². The van der Waals surface area contributed by atoms with Gasteiger partial charge in [0, 0.05) is 0 Å². The number of aryl methyl sites for hydroxylation is 1. The summed E-state index contributed by atoms with van der Waals surface area (Å²) < 4.78 is 5.72. The minimum Gasteiger partial charge on any atom is -0.465 e. The molecular weight excluding hydrogens is 380 g/mol. The first-order valence-corrected chi connectivity index (χ1v) is 13.4. The summed E-state index contributed by atoms with van der Waals surface area (Å²) in [5, 5.41) is 0. The molecule has 0 saturated heterocycles. The maximum atomic E-state index is 12.3. The van der Waals surface area contributed by atoms with E-state index in [1.807, 2.05) is 12.1 Å². The van der Waals surface area contributed by atoms with Crippen LogP contribution in [0.4, 0.5) is 0 Å². The van der Waals surface area contributed by atoms with E-state index in [9.17, 15) is 4.79 Å². The van der Waals surface area contributed by atoms with Crippen molar-refractivity contribution in [3.8, 4) is 0 Å². The van der Waals surface area contributed by atoms with Gasteiger partial charge >= 0.3 is 5.97 Å². The Morgan fingerprint density at radius 3 is 1.65 bits per heavy atom. The van der Waals surface area contributed by atoms with Crippen molar-refractivity contribution in [2.24, 2.45) is 5.92 Å². The minimum atomic E-state index is -0.0762. The summed E-state index contributed by atoms with van der Waals surface area (Å²) in [5.41, 5.74) is 2.27. The SMILES string of the molecule is CCCCCCCCCCC(CCCCCCCC)COC(=O)Cc1ccc(C)cc1. The molecule has 1 atom stereocenters. The lowest BCUT2D eigenvalue weighted by Crippen LogP contribution is -2.16. The van der Waals surface area contributed by atoms with E-state index in [-0.39, 0.29) is 5.97 Å². The molecule has 0 bridgehead atoms. The molecule has 2 nitrogen and oxygen atoms in total. The van der Waals surface area contributed by atoms with E-state index in [1.165, 1.54) is 108 Å². The summed E-state index contributed by atoms with van der Waals surface area (Å²) in [7, 11) is 0. The number of rotatable bonds is 20. The summed E-state index contributed by atoms with van der Waals surface area (Å²) in [6, 6.07) is 8.19. The van der Waals surface area contributed by atoms with Crippen molar-refractivity contribution in [2.75, 3.05) is 6.61 Å². The summed E-state index contributed by atoms with van der Waals surface area (Å²) >= 11 is 0. The van der Waals surface area contributed by atoms with Crippen LogP contribution in [0.5, 0.6) is 0 Å². The van der Waals surface area contributed by atoms with E-state index in [0.29, 0.717) is 18.9 Å². The monoisotopic (exact) mass is 430 g/mol. The number of ether oxygens (including phenoxy) is 1. The molecule has 0 aromatic heterocycles. The Bertz CT molecular complexity index is 534. The molecule has 0 saturated carbocycles. The molecule has 178 valence electrons. The van der Waals surface area contributed by atoms with Gasteiger partial charge in [0.05, 0.1) is 13.0 Å². The fourth-order valence-electron chi connectivity index (χ4n) is 4.23. The van der Waals surface area contributed by atoms with Crippen molar-refractivity contribution >= 4 is 5.97 Å². The van der Waals surface area contributed by atoms with Crippen LogP contribution in [0.2, 0.25) is 0 Å². The van der Waals surface area contributed by atoms with Crippen LogP contribution >= 0.6 is 0 Å². The van der Waals surface area contributed by atoms with Gasteiger partial charge in [-0.1, -0.05) is 134 Å². The third kappa shape index (κ3) is 16.0. The van der Waals surface area contributed by atoms with Crippen molar-refractivity contribution < 1.29 is 9.53 Å². The van der Waals surface area contributed by atoms with Crippen molar-refractivity contribution in [1.29, 1.82) is 0 Å². The van der Waals surface area contributed by atoms with Crippen LogP contribution in [0.25, 0.3) is 0 Å². The summed E-state index contributed by atoms with van der Waals surface area (Å²) in [6.45, 7) is 7.22. The average Bonchev–Trinajstić information content (AvgIpc) is 2.77. The normalized spacial score (nSPS) is 12.1. The van der Waals surface area contributed by atoms with Gasteiger partial charge in [-0.2, -0.15) is 0 Å². The van der Waals surface area contributed by atoms with E-state index in [0.717, 1.165) is 5.56 Å². The lowest BCUT2D eigenvalue weighted by molar-refractivity contribution is -0.144. The number of hydrogen-bond acceptors (Lipinski definition) is 2. The van der Waals surface area contributed by atoms with Crippen molar-refractivity contribution in [3.63, 3.8) is 0 Å². The molecule has 0 amide bonds. The smallest absolute Gasteiger partial charge is 0.310 e. The number of esters is 1. The molecule has 0 aliphatic carbocycles. The van der Waals surface area contributed by atoms with Crippen molar-refractivity contribution in [3.05, 3.63) is 35.4 Å². The quantitative estimate of drug-likeness (QED) is 0.152. The Hall–Kier alpha value is -1.31. The number of carbonyl (C=O) groups excluding carboxylic acids is 1. The predicted molar refractivity (Wildman–Crippen MR) is 135 cm³/mol. The highest BCUT2D eigenvalue weighted by atomic mass is 16.5. The first-order chi connectivity index (χ1) is 15.2. The number of benzene rings is 1. The topological polar surface area (TPSA) is 26.3 Å². The second-order valence-corrected chi connectivity index (χ2v) is 9.53. The van der Waals surface area contributed by atoms with Crippen LogP contribution < -0.4 is 0 Å². The van der Waals surface area contributed by atoms with E-state index in [4.69, 9.17) is 4.74 Å². The second-order valence-electron chi connectivity index (χ2n) is 9.53. The molecule has 0 fully saturated rings. The van der Waals surface area contributed by atoms with Crippen LogP contribution in [-0.2, 0) is 16.0 Å². The molecule has 2 heteroatoms. The number of carbonyl (C=O) groups is 1. The van der Waals surface area contributed by atoms with Crippen LogP contribution in [0, 0.1) is 12.8 Å². The minimum absolute atomic E-state index is 0.0762. The van der Waals surface area contributed by atoms with Crippen LogP contribution in [-0.4, -0.2) is 12.6 Å². The van der Waals surface area contributed by atoms with Crippen molar-refractivity contribution in [2.45, 2.75) is 130 Å². The largest absolute Gasteiger partial charge is 0.465 e. The summed E-state index contributed by atoms with van der Waals surface area (Å²) in [4.78, 5) is 12.3. The maximum Gasteiger partial charge on any atom is 0.310 e. The van der Waals surface area contributed by atoms with Gasteiger partial charge in [-0.05, 0) is 31.2 Å². The van der Waals surface area contributed by atoms with E-state index in [1.54, 1.807) is 0 Å². The van der Waals surface area contributed by atoms with Crippen LogP contribution in [0.1, 0.15) is 128 Å². The molecular formula is C29H50O2. The van der Waals surface area contributed by atoms with Gasteiger partial charge in [0.2, 0.25) is 0 Å². The molecule has 0 heterocycles. The summed E-state index contributed by atoms with van der Waals surface area (Å²) in [5.74, 6) is 0.459. The molecule has 0 spiro atoms. The Balaban J connectivity index is 2.29. The van der Waals surface area contributed by atoms with E-state index in [2.05, 4.69) is 32.9 Å². The molecule has 1 aromatic rings. The predicted octanol–water partition coefficient (Wildman–Crippen LogP) is 8.98. The highest BCUT2D eigenvalue weighted by Gasteiger charge is 2.13. The van der Waals surface area contributed by atoms with Gasteiger partial charge in [-0.3, -0.25) is 4.79 Å². The average molecular weight is 431 g/mol. The summed E-state index contributed by atoms with van der Waals surface area (Å²) in [6.07, 6.45) is 21.6. The molecule has 1 unspecified atom stereocenters. The number of unbranched alkanes of at least 4 members (excludes halogenated alkanes) is 12. The van der Waals surface area contributed by atoms with Gasteiger partial charge in [0.25, 0.3) is 0 Å². The molecule has 0 aliphatic heterocycles. The Morgan fingerprint density at radius 1 is 0.710 bits per heavy atom. The molecule has 1 rings (SSSR count). The highest BCUT2D eigenvalue weighted by Crippen LogP contribution is 2.20. The Morgan fingerprint density at radius 2 is 1.16 bits per heavy atom. The second kappa shape index (κ2) is 19.4. The van der Waals surface area contributed by atoms with E-state index < -0.39 is 0 Å². The van der Waals surface area contributed by atoms with Crippen LogP contribution in [0.3, 0.4) is 0 Å². The maximum absolute atomic E-state index is 12.3. The highest BCUT2D eigenvalue weighted by molar-refractivity contribution is 5.72. The Kier molecular flexibility index (Phi) is 17.3. The fraction of sp³-hybridized carbons (Fsp3) is 0.759. The third-order valence-corrected chi connectivity index (χ3v) is 6.38. The van der Waals surface area contributed by atoms with Gasteiger partial charge in [0.1, 0.15) is 0 Å². The number of hydrogen-bond donors (Lipinski definition) is 0. The van der Waals surface area contributed by atoms with Gasteiger partial charge < -0.3 is 4.74 Å². The standard InChI is InChI=1S/C29H50O2/c1-4-6-8-10-12-13-15-17-19-28(18-16-14-11-9-7-5-2)25-31-29(30)24-27-22-20-26(3)21-23-27/h20-23,28H,4-19,24-25H2,1-3H3.